The Bertz CT molecular complexity index is 405. The zero-order valence-corrected chi connectivity index (χ0v) is 11.4. The summed E-state index contributed by atoms with van der Waals surface area (Å²) in [6.07, 6.45) is 0.394. The first-order valence-electron chi connectivity index (χ1n) is 6.24. The Kier molecular flexibility index (Phi) is 4.66. The molecule has 18 heavy (non-hydrogen) atoms. The van der Waals surface area contributed by atoms with Crippen molar-refractivity contribution in [1.29, 1.82) is 0 Å². The number of carbonyl (C=O) groups excluding carboxylic acids is 1. The van der Waals surface area contributed by atoms with Gasteiger partial charge in [-0.2, -0.15) is 0 Å². The van der Waals surface area contributed by atoms with E-state index in [1.807, 2.05) is 0 Å². The third kappa shape index (κ3) is 3.75. The lowest BCUT2D eigenvalue weighted by Crippen LogP contribution is -2.30. The first-order chi connectivity index (χ1) is 8.65. The van der Waals surface area contributed by atoms with Crippen molar-refractivity contribution in [3.05, 3.63) is 35.4 Å². The number of aryl methyl sites for hydroxylation is 1. The number of likely N-dealkylation sites (tertiary alicyclic amines) is 1. The molecule has 0 radical (unpaired) electrons. The third-order valence-corrected chi connectivity index (χ3v) is 4.12. The molecule has 0 bridgehead atoms. The Balaban J connectivity index is 1.72. The molecule has 0 saturated carbocycles. The summed E-state index contributed by atoms with van der Waals surface area (Å²) >= 11 is 1.64. The van der Waals surface area contributed by atoms with Crippen molar-refractivity contribution in [2.45, 2.75) is 25.2 Å². The monoisotopic (exact) mass is 265 g/mol. The second kappa shape index (κ2) is 6.25. The molecule has 2 rings (SSSR count). The summed E-state index contributed by atoms with van der Waals surface area (Å²) in [7, 11) is 0. The molecule has 1 aliphatic heterocycles. The van der Waals surface area contributed by atoms with Gasteiger partial charge in [-0.25, -0.2) is 0 Å². The van der Waals surface area contributed by atoms with Crippen LogP contribution in [0.15, 0.2) is 24.3 Å². The van der Waals surface area contributed by atoms with Crippen LogP contribution in [0.3, 0.4) is 0 Å². The van der Waals surface area contributed by atoms with E-state index in [1.165, 1.54) is 11.1 Å². The van der Waals surface area contributed by atoms with Crippen molar-refractivity contribution in [3.63, 3.8) is 0 Å². The van der Waals surface area contributed by atoms with Crippen molar-refractivity contribution in [2.75, 3.05) is 18.8 Å². The molecule has 0 spiro atoms. The highest BCUT2D eigenvalue weighted by Crippen LogP contribution is 2.15. The van der Waals surface area contributed by atoms with Gasteiger partial charge in [0, 0.05) is 18.8 Å². The number of nitrogens with zero attached hydrogens (tertiary/aromatic N) is 1. The predicted octanol–water partition coefficient (Wildman–Crippen LogP) is 1.82. The van der Waals surface area contributed by atoms with Crippen LogP contribution in [0.4, 0.5) is 0 Å². The smallest absolute Gasteiger partial charge is 0.232 e. The number of amides is 1. The largest absolute Gasteiger partial charge is 0.391 e. The SMILES string of the molecule is Cc1ccc(CSCC(=O)N2CCC(O)C2)cc1. The summed E-state index contributed by atoms with van der Waals surface area (Å²) in [6, 6.07) is 8.39. The number of aliphatic hydroxyl groups is 1. The molecule has 1 amide bonds. The Morgan fingerprint density at radius 1 is 1.44 bits per heavy atom. The highest BCUT2D eigenvalue weighted by molar-refractivity contribution is 7.99. The van der Waals surface area contributed by atoms with E-state index in [9.17, 15) is 9.90 Å². The lowest BCUT2D eigenvalue weighted by Gasteiger charge is -2.15. The van der Waals surface area contributed by atoms with Crippen molar-refractivity contribution < 1.29 is 9.90 Å². The molecule has 1 saturated heterocycles. The van der Waals surface area contributed by atoms with E-state index in [0.717, 1.165) is 5.75 Å². The Morgan fingerprint density at radius 2 is 2.17 bits per heavy atom. The van der Waals surface area contributed by atoms with Gasteiger partial charge in [-0.15, -0.1) is 11.8 Å². The maximum absolute atomic E-state index is 11.8. The summed E-state index contributed by atoms with van der Waals surface area (Å²) in [5, 5.41) is 9.38. The molecular weight excluding hydrogens is 246 g/mol. The molecular formula is C14H19NO2S. The highest BCUT2D eigenvalue weighted by Gasteiger charge is 2.23. The van der Waals surface area contributed by atoms with Gasteiger partial charge in [0.15, 0.2) is 0 Å². The maximum Gasteiger partial charge on any atom is 0.232 e. The molecule has 1 aromatic carbocycles. The minimum absolute atomic E-state index is 0.142. The van der Waals surface area contributed by atoms with Gasteiger partial charge >= 0.3 is 0 Å². The van der Waals surface area contributed by atoms with Crippen LogP contribution in [-0.2, 0) is 10.5 Å². The Hall–Kier alpha value is -1.00. The zero-order valence-electron chi connectivity index (χ0n) is 10.6. The first-order valence-corrected chi connectivity index (χ1v) is 7.40. The number of rotatable bonds is 4. The fourth-order valence-corrected chi connectivity index (χ4v) is 2.89. The van der Waals surface area contributed by atoms with Crippen LogP contribution in [0.1, 0.15) is 17.5 Å². The standard InChI is InChI=1S/C14H19NO2S/c1-11-2-4-12(5-3-11)9-18-10-14(17)15-7-6-13(16)8-15/h2-5,13,16H,6-10H2,1H3. The second-order valence-corrected chi connectivity index (χ2v) is 5.75. The molecule has 0 aromatic heterocycles. The number of carbonyl (C=O) groups is 1. The van der Waals surface area contributed by atoms with Crippen LogP contribution >= 0.6 is 11.8 Å². The van der Waals surface area contributed by atoms with Crippen LogP contribution < -0.4 is 0 Å². The van der Waals surface area contributed by atoms with E-state index in [4.69, 9.17) is 0 Å². The van der Waals surface area contributed by atoms with Gasteiger partial charge in [-0.3, -0.25) is 4.79 Å². The summed E-state index contributed by atoms with van der Waals surface area (Å²) < 4.78 is 0. The first kappa shape index (κ1) is 13.4. The minimum atomic E-state index is -0.323. The van der Waals surface area contributed by atoms with Crippen molar-refractivity contribution in [2.24, 2.45) is 0 Å². The summed E-state index contributed by atoms with van der Waals surface area (Å²) in [6.45, 7) is 3.27. The predicted molar refractivity (Wildman–Crippen MR) is 74.5 cm³/mol. The molecule has 1 aliphatic rings. The fraction of sp³-hybridized carbons (Fsp3) is 0.500. The van der Waals surface area contributed by atoms with E-state index in [1.54, 1.807) is 16.7 Å². The summed E-state index contributed by atoms with van der Waals surface area (Å²) in [5.74, 6) is 1.51. The molecule has 1 atom stereocenters. The van der Waals surface area contributed by atoms with Crippen LogP contribution in [0.25, 0.3) is 0 Å². The second-order valence-electron chi connectivity index (χ2n) is 4.76. The molecule has 1 aromatic rings. The molecule has 1 N–H and O–H groups in total. The molecule has 4 heteroatoms. The van der Waals surface area contributed by atoms with Gasteiger partial charge in [0.1, 0.15) is 0 Å². The van der Waals surface area contributed by atoms with Crippen LogP contribution in [-0.4, -0.2) is 40.9 Å². The fourth-order valence-electron chi connectivity index (χ4n) is 2.00. The summed E-state index contributed by atoms with van der Waals surface area (Å²) in [5.41, 5.74) is 2.51. The van der Waals surface area contributed by atoms with Crippen LogP contribution in [0.5, 0.6) is 0 Å². The molecule has 3 nitrogen and oxygen atoms in total. The van der Waals surface area contributed by atoms with Gasteiger partial charge in [0.25, 0.3) is 0 Å². The van der Waals surface area contributed by atoms with Crippen LogP contribution in [0.2, 0.25) is 0 Å². The van der Waals surface area contributed by atoms with Crippen molar-refractivity contribution >= 4 is 17.7 Å². The molecule has 1 heterocycles. The number of thioether (sulfide) groups is 1. The van der Waals surface area contributed by atoms with Crippen LogP contribution in [0, 0.1) is 6.92 Å². The molecule has 1 fully saturated rings. The third-order valence-electron chi connectivity index (χ3n) is 3.13. The Labute approximate surface area is 112 Å². The number of hydrogen-bond acceptors (Lipinski definition) is 3. The molecule has 0 aliphatic carbocycles. The lowest BCUT2D eigenvalue weighted by atomic mass is 10.2. The van der Waals surface area contributed by atoms with E-state index in [0.29, 0.717) is 25.3 Å². The van der Waals surface area contributed by atoms with Gasteiger partial charge in [0.2, 0.25) is 5.91 Å². The Morgan fingerprint density at radius 3 is 2.78 bits per heavy atom. The van der Waals surface area contributed by atoms with E-state index >= 15 is 0 Å². The number of hydrogen-bond donors (Lipinski definition) is 1. The van der Waals surface area contributed by atoms with E-state index < -0.39 is 0 Å². The topological polar surface area (TPSA) is 40.5 Å². The van der Waals surface area contributed by atoms with E-state index in [2.05, 4.69) is 31.2 Å². The maximum atomic E-state index is 11.8. The van der Waals surface area contributed by atoms with Crippen molar-refractivity contribution in [3.8, 4) is 0 Å². The molecule has 98 valence electrons. The zero-order chi connectivity index (χ0) is 13.0. The van der Waals surface area contributed by atoms with Crippen molar-refractivity contribution in [1.82, 2.24) is 4.90 Å². The number of benzene rings is 1. The molecule has 1 unspecified atom stereocenters. The number of β-amino-alcohol motifs (C(OH)–C–C–N with tert-alkyl or cyclic N) is 1. The van der Waals surface area contributed by atoms with Gasteiger partial charge < -0.3 is 10.0 Å². The number of aliphatic hydroxyl groups excluding tert-OH is 1. The quantitative estimate of drug-likeness (QED) is 0.903. The normalized spacial score (nSPS) is 19.2. The van der Waals surface area contributed by atoms with Gasteiger partial charge in [-0.1, -0.05) is 29.8 Å². The average molecular weight is 265 g/mol. The van der Waals surface area contributed by atoms with Gasteiger partial charge in [-0.05, 0) is 18.9 Å². The minimum Gasteiger partial charge on any atom is -0.391 e. The lowest BCUT2D eigenvalue weighted by molar-refractivity contribution is -0.127. The highest BCUT2D eigenvalue weighted by atomic mass is 32.2. The average Bonchev–Trinajstić information content (AvgIpc) is 2.78. The van der Waals surface area contributed by atoms with Gasteiger partial charge in [0.05, 0.1) is 11.9 Å². The summed E-state index contributed by atoms with van der Waals surface area (Å²) in [4.78, 5) is 13.6. The van der Waals surface area contributed by atoms with E-state index in [-0.39, 0.29) is 12.0 Å².